The molecule has 4 atom stereocenters. The maximum Gasteiger partial charge on any atom is 0.326 e. The van der Waals surface area contributed by atoms with Gasteiger partial charge in [0.15, 0.2) is 0 Å². The van der Waals surface area contributed by atoms with Crippen molar-refractivity contribution < 1.29 is 29.4 Å². The number of nitrogens with two attached hydrogens (primary N) is 2. The molecule has 0 aliphatic carbocycles. The molecule has 8 N–H and O–H groups in total. The number of phenols is 1. The number of hydrogen-bond acceptors (Lipinski definition) is 7. The van der Waals surface area contributed by atoms with Crippen LogP contribution in [-0.2, 0) is 32.0 Å². The molecule has 1 aliphatic rings. The number of nitrogens with one attached hydrogen (secondary N) is 2. The van der Waals surface area contributed by atoms with Crippen molar-refractivity contribution in [3.63, 3.8) is 0 Å². The lowest BCUT2D eigenvalue weighted by Crippen LogP contribution is -2.57. The molecule has 1 heterocycles. The summed E-state index contributed by atoms with van der Waals surface area (Å²) in [7, 11) is 0. The van der Waals surface area contributed by atoms with E-state index in [0.29, 0.717) is 50.8 Å². The number of unbranched alkanes of at least 4 members (excludes halogenated alkanes) is 1. The van der Waals surface area contributed by atoms with Gasteiger partial charge < -0.3 is 37.2 Å². The van der Waals surface area contributed by atoms with E-state index in [-0.39, 0.29) is 24.5 Å². The van der Waals surface area contributed by atoms with Crippen molar-refractivity contribution in [1.29, 1.82) is 0 Å². The molecule has 0 saturated carbocycles. The van der Waals surface area contributed by atoms with Crippen LogP contribution >= 0.6 is 0 Å². The number of aromatic hydroxyl groups is 1. The minimum atomic E-state index is -1.24. The molecule has 2 aromatic rings. The largest absolute Gasteiger partial charge is 0.508 e. The molecule has 11 heteroatoms. The van der Waals surface area contributed by atoms with Crippen LogP contribution in [0.1, 0.15) is 43.2 Å². The number of aliphatic carboxylic acids is 1. The summed E-state index contributed by atoms with van der Waals surface area (Å²) in [6.45, 7) is 0.794. The lowest BCUT2D eigenvalue weighted by Gasteiger charge is -2.29. The summed E-state index contributed by atoms with van der Waals surface area (Å²) in [5.41, 5.74) is 13.3. The fourth-order valence-corrected chi connectivity index (χ4v) is 4.84. The summed E-state index contributed by atoms with van der Waals surface area (Å²) >= 11 is 0. The number of likely N-dealkylation sites (tertiary alicyclic amines) is 1. The van der Waals surface area contributed by atoms with E-state index in [2.05, 4.69) is 10.6 Å². The Labute approximate surface area is 233 Å². The van der Waals surface area contributed by atoms with Gasteiger partial charge in [-0.05, 0) is 68.3 Å². The molecule has 0 radical (unpaired) electrons. The van der Waals surface area contributed by atoms with E-state index < -0.39 is 42.0 Å². The van der Waals surface area contributed by atoms with Gasteiger partial charge in [-0.3, -0.25) is 14.4 Å². The second kappa shape index (κ2) is 15.0. The van der Waals surface area contributed by atoms with Crippen LogP contribution in [0, 0.1) is 0 Å². The highest BCUT2D eigenvalue weighted by Gasteiger charge is 2.38. The van der Waals surface area contributed by atoms with Gasteiger partial charge in [0.25, 0.3) is 0 Å². The molecular weight excluding hydrogens is 514 g/mol. The molecule has 0 spiro atoms. The Balaban J connectivity index is 1.67. The van der Waals surface area contributed by atoms with E-state index in [1.165, 1.54) is 17.0 Å². The van der Waals surface area contributed by atoms with E-state index in [1.54, 1.807) is 12.1 Å². The van der Waals surface area contributed by atoms with Crippen molar-refractivity contribution in [3.8, 4) is 5.75 Å². The summed E-state index contributed by atoms with van der Waals surface area (Å²) in [6, 6.07) is 11.6. The average Bonchev–Trinajstić information content (AvgIpc) is 3.43. The third-order valence-electron chi connectivity index (χ3n) is 7.02. The van der Waals surface area contributed by atoms with Gasteiger partial charge in [-0.2, -0.15) is 0 Å². The summed E-state index contributed by atoms with van der Waals surface area (Å²) in [5, 5.41) is 24.5. The Hall–Kier alpha value is -3.96. The average molecular weight is 554 g/mol. The highest BCUT2D eigenvalue weighted by molar-refractivity contribution is 5.94. The van der Waals surface area contributed by atoms with Crippen LogP contribution in [0.15, 0.2) is 54.6 Å². The fourth-order valence-electron chi connectivity index (χ4n) is 4.84. The molecule has 4 unspecified atom stereocenters. The predicted molar refractivity (Wildman–Crippen MR) is 149 cm³/mol. The topological polar surface area (TPSA) is 188 Å². The smallest absolute Gasteiger partial charge is 0.326 e. The third kappa shape index (κ3) is 8.78. The second-order valence-corrected chi connectivity index (χ2v) is 10.1. The van der Waals surface area contributed by atoms with Crippen LogP contribution in [0.5, 0.6) is 5.75 Å². The zero-order valence-corrected chi connectivity index (χ0v) is 22.5. The molecule has 40 heavy (non-hydrogen) atoms. The van der Waals surface area contributed by atoms with Gasteiger partial charge in [-0.15, -0.1) is 0 Å². The summed E-state index contributed by atoms with van der Waals surface area (Å²) < 4.78 is 0. The molecular formula is C29H39N5O6. The number of rotatable bonds is 14. The Morgan fingerprint density at radius 2 is 1.60 bits per heavy atom. The Morgan fingerprint density at radius 1 is 0.925 bits per heavy atom. The lowest BCUT2D eigenvalue weighted by atomic mass is 10.0. The van der Waals surface area contributed by atoms with Gasteiger partial charge in [-0.1, -0.05) is 42.5 Å². The second-order valence-electron chi connectivity index (χ2n) is 10.1. The van der Waals surface area contributed by atoms with E-state index in [9.17, 15) is 29.4 Å². The first-order valence-electron chi connectivity index (χ1n) is 13.6. The highest BCUT2D eigenvalue weighted by Crippen LogP contribution is 2.20. The van der Waals surface area contributed by atoms with Crippen molar-refractivity contribution in [2.75, 3.05) is 13.1 Å². The molecule has 216 valence electrons. The number of phenolic OH excluding ortho intramolecular Hbond substituents is 1. The predicted octanol–water partition coefficient (Wildman–Crippen LogP) is 0.679. The molecule has 1 fully saturated rings. The molecule has 11 nitrogen and oxygen atoms in total. The Kier molecular flexibility index (Phi) is 11.5. The molecule has 2 aromatic carbocycles. The SMILES string of the molecule is NCCCCC(NC(=O)C1CCCN1C(=O)C(N)Cc1ccccc1)C(=O)NC(Cc1ccc(O)cc1)C(=O)O. The van der Waals surface area contributed by atoms with Crippen LogP contribution in [0.2, 0.25) is 0 Å². The standard InChI is InChI=1S/C29H39N5O6/c30-15-5-4-9-23(26(36)33-24(29(39)40)18-20-11-13-21(35)14-12-20)32-27(37)25-10-6-16-34(25)28(38)22(31)17-19-7-2-1-3-8-19/h1-3,7-8,11-14,22-25,35H,4-6,9-10,15-18,30-31H2,(H,32,37)(H,33,36)(H,39,40). The summed E-state index contributed by atoms with van der Waals surface area (Å²) in [5.74, 6) is -2.62. The van der Waals surface area contributed by atoms with Crippen molar-refractivity contribution in [2.45, 2.75) is 69.1 Å². The molecule has 3 amide bonds. The first-order chi connectivity index (χ1) is 19.2. The van der Waals surface area contributed by atoms with Crippen LogP contribution in [0.3, 0.4) is 0 Å². The third-order valence-corrected chi connectivity index (χ3v) is 7.02. The van der Waals surface area contributed by atoms with Crippen molar-refractivity contribution in [1.82, 2.24) is 15.5 Å². The van der Waals surface area contributed by atoms with Gasteiger partial charge in [0.1, 0.15) is 23.9 Å². The van der Waals surface area contributed by atoms with Crippen LogP contribution in [0.4, 0.5) is 0 Å². The first kappa shape index (κ1) is 30.6. The molecule has 0 bridgehead atoms. The maximum atomic E-state index is 13.3. The van der Waals surface area contributed by atoms with Crippen molar-refractivity contribution in [3.05, 3.63) is 65.7 Å². The van der Waals surface area contributed by atoms with Crippen molar-refractivity contribution in [2.24, 2.45) is 11.5 Å². The van der Waals surface area contributed by atoms with Gasteiger partial charge in [0.2, 0.25) is 17.7 Å². The van der Waals surface area contributed by atoms with Gasteiger partial charge in [-0.25, -0.2) is 4.79 Å². The molecule has 0 aromatic heterocycles. The van der Waals surface area contributed by atoms with Gasteiger partial charge in [0.05, 0.1) is 6.04 Å². The zero-order valence-electron chi connectivity index (χ0n) is 22.5. The van der Waals surface area contributed by atoms with E-state index in [0.717, 1.165) is 5.56 Å². The summed E-state index contributed by atoms with van der Waals surface area (Å²) in [4.78, 5) is 53.1. The number of carbonyl (C=O) groups excluding carboxylic acids is 3. The number of carboxylic acids is 1. The zero-order chi connectivity index (χ0) is 29.1. The van der Waals surface area contributed by atoms with Gasteiger partial charge >= 0.3 is 5.97 Å². The number of amides is 3. The lowest BCUT2D eigenvalue weighted by molar-refractivity contribution is -0.143. The van der Waals surface area contributed by atoms with Gasteiger partial charge in [0, 0.05) is 13.0 Å². The highest BCUT2D eigenvalue weighted by atomic mass is 16.4. The number of carboxylic acid groups (broad SMARTS) is 1. The molecule has 1 aliphatic heterocycles. The Bertz CT molecular complexity index is 1140. The van der Waals surface area contributed by atoms with E-state index >= 15 is 0 Å². The first-order valence-corrected chi connectivity index (χ1v) is 13.6. The minimum Gasteiger partial charge on any atom is -0.508 e. The fraction of sp³-hybridized carbons (Fsp3) is 0.448. The maximum absolute atomic E-state index is 13.3. The van der Waals surface area contributed by atoms with Crippen molar-refractivity contribution >= 4 is 23.7 Å². The minimum absolute atomic E-state index is 0.00493. The van der Waals surface area contributed by atoms with Crippen LogP contribution < -0.4 is 22.1 Å². The van der Waals surface area contributed by atoms with E-state index in [1.807, 2.05) is 30.3 Å². The molecule has 3 rings (SSSR count). The normalized spacial score (nSPS) is 17.1. The molecule has 1 saturated heterocycles. The summed E-state index contributed by atoms with van der Waals surface area (Å²) in [6.07, 6.45) is 2.82. The Morgan fingerprint density at radius 3 is 2.25 bits per heavy atom. The number of carbonyl (C=O) groups is 4. The monoisotopic (exact) mass is 553 g/mol. The van der Waals surface area contributed by atoms with Crippen LogP contribution in [-0.4, -0.2) is 76.1 Å². The number of nitrogens with zero attached hydrogens (tertiary/aromatic N) is 1. The van der Waals surface area contributed by atoms with Crippen LogP contribution in [0.25, 0.3) is 0 Å². The van der Waals surface area contributed by atoms with E-state index in [4.69, 9.17) is 11.5 Å². The number of benzene rings is 2. The quantitative estimate of drug-likeness (QED) is 0.184. The number of hydrogen-bond donors (Lipinski definition) is 6.